The topological polar surface area (TPSA) is 68.1 Å². The smallest absolute Gasteiger partial charge is 0.336 e. The molecule has 3 aromatic rings. The van der Waals surface area contributed by atoms with E-state index in [0.29, 0.717) is 15.9 Å². The minimum atomic E-state index is -0.526. The maximum Gasteiger partial charge on any atom is 0.336 e. The molecule has 0 saturated carbocycles. The predicted octanol–water partition coefficient (Wildman–Crippen LogP) is 6.30. The summed E-state index contributed by atoms with van der Waals surface area (Å²) in [6.07, 6.45) is 4.68. The largest absolute Gasteiger partial charge is 0.508 e. The Morgan fingerprint density at radius 2 is 1.70 bits per heavy atom. The fraction of sp³-hybridized carbons (Fsp3) is 0.0435. The third-order valence-corrected chi connectivity index (χ3v) is 5.07. The van der Waals surface area contributed by atoms with Crippen LogP contribution in [0.15, 0.2) is 80.7 Å². The van der Waals surface area contributed by atoms with Crippen LogP contribution in [-0.4, -0.2) is 24.4 Å². The van der Waals surface area contributed by atoms with Gasteiger partial charge in [0, 0.05) is 16.8 Å². The molecular formula is C23H17Br2NO4. The molecule has 0 heterocycles. The van der Waals surface area contributed by atoms with Crippen LogP contribution in [0.3, 0.4) is 0 Å². The highest BCUT2D eigenvalue weighted by Gasteiger charge is 2.14. The molecule has 0 radical (unpaired) electrons. The van der Waals surface area contributed by atoms with Gasteiger partial charge in [0.25, 0.3) is 0 Å². The van der Waals surface area contributed by atoms with E-state index >= 15 is 0 Å². The Kier molecular flexibility index (Phi) is 7.43. The first-order valence-electron chi connectivity index (χ1n) is 8.80. The molecule has 0 bridgehead atoms. The number of nitrogens with zero attached hydrogens (tertiary/aromatic N) is 1. The standard InChI is InChI=1S/C23H17Br2NO4/c1-29-21-13-16(14-26-18-7-9-19(27)10-8-18)12-20(25)23(21)30-22(28)11-4-15-2-5-17(24)6-3-15/h2-14,27H,1H3. The summed E-state index contributed by atoms with van der Waals surface area (Å²) in [4.78, 5) is 16.6. The highest BCUT2D eigenvalue weighted by atomic mass is 79.9. The van der Waals surface area contributed by atoms with Crippen LogP contribution in [-0.2, 0) is 4.79 Å². The molecule has 1 N–H and O–H groups in total. The van der Waals surface area contributed by atoms with Gasteiger partial charge in [-0.25, -0.2) is 4.79 Å². The predicted molar refractivity (Wildman–Crippen MR) is 125 cm³/mol. The van der Waals surface area contributed by atoms with Crippen LogP contribution in [0.4, 0.5) is 5.69 Å². The molecule has 3 aromatic carbocycles. The van der Waals surface area contributed by atoms with Crippen molar-refractivity contribution in [1.29, 1.82) is 0 Å². The average Bonchev–Trinajstić information content (AvgIpc) is 2.74. The van der Waals surface area contributed by atoms with Crippen LogP contribution < -0.4 is 9.47 Å². The number of phenolic OH excluding ortho intramolecular Hbond substituents is 1. The Morgan fingerprint density at radius 3 is 2.37 bits per heavy atom. The van der Waals surface area contributed by atoms with E-state index in [9.17, 15) is 9.90 Å². The van der Waals surface area contributed by atoms with Gasteiger partial charge in [-0.2, -0.15) is 0 Å². The van der Waals surface area contributed by atoms with Crippen LogP contribution >= 0.6 is 31.9 Å². The number of carbonyl (C=O) groups is 1. The fourth-order valence-corrected chi connectivity index (χ4v) is 3.28. The highest BCUT2D eigenvalue weighted by molar-refractivity contribution is 9.10. The number of halogens is 2. The summed E-state index contributed by atoms with van der Waals surface area (Å²) in [6.45, 7) is 0. The molecule has 0 unspecified atom stereocenters. The van der Waals surface area contributed by atoms with Gasteiger partial charge in [0.1, 0.15) is 5.75 Å². The van der Waals surface area contributed by atoms with E-state index in [4.69, 9.17) is 9.47 Å². The van der Waals surface area contributed by atoms with Crippen LogP contribution in [0, 0.1) is 0 Å². The second-order valence-electron chi connectivity index (χ2n) is 6.11. The molecule has 0 aromatic heterocycles. The quantitative estimate of drug-likeness (QED) is 0.176. The minimum Gasteiger partial charge on any atom is -0.508 e. The zero-order valence-corrected chi connectivity index (χ0v) is 19.1. The van der Waals surface area contributed by atoms with E-state index in [1.165, 1.54) is 13.2 Å². The summed E-state index contributed by atoms with van der Waals surface area (Å²) in [5.74, 6) is 0.327. The lowest BCUT2D eigenvalue weighted by molar-refractivity contribution is -0.129. The Hall–Kier alpha value is -2.90. The molecule has 0 atom stereocenters. The maximum absolute atomic E-state index is 12.3. The van der Waals surface area contributed by atoms with E-state index in [1.54, 1.807) is 48.7 Å². The summed E-state index contributed by atoms with van der Waals surface area (Å²) in [5.41, 5.74) is 2.32. The van der Waals surface area contributed by atoms with E-state index < -0.39 is 5.97 Å². The zero-order valence-electron chi connectivity index (χ0n) is 15.9. The minimum absolute atomic E-state index is 0.179. The van der Waals surface area contributed by atoms with E-state index in [1.807, 2.05) is 24.3 Å². The third-order valence-electron chi connectivity index (χ3n) is 3.95. The van der Waals surface area contributed by atoms with Gasteiger partial charge in [0.15, 0.2) is 11.5 Å². The number of methoxy groups -OCH3 is 1. The summed E-state index contributed by atoms with van der Waals surface area (Å²) < 4.78 is 12.4. The Balaban J connectivity index is 1.75. The number of esters is 1. The average molecular weight is 531 g/mol. The SMILES string of the molecule is COc1cc(C=Nc2ccc(O)cc2)cc(Br)c1OC(=O)C=Cc1ccc(Br)cc1. The number of rotatable bonds is 6. The Bertz CT molecular complexity index is 1090. The van der Waals surface area contributed by atoms with Gasteiger partial charge in [0.2, 0.25) is 0 Å². The molecule has 7 heteroatoms. The number of carbonyl (C=O) groups excluding carboxylic acids is 1. The van der Waals surface area contributed by atoms with Gasteiger partial charge in [-0.05, 0) is 81.7 Å². The van der Waals surface area contributed by atoms with Gasteiger partial charge in [-0.3, -0.25) is 4.99 Å². The van der Waals surface area contributed by atoms with Crippen molar-refractivity contribution in [2.24, 2.45) is 4.99 Å². The number of aliphatic imine (C=N–C) groups is 1. The van der Waals surface area contributed by atoms with Crippen LogP contribution in [0.5, 0.6) is 17.2 Å². The number of hydrogen-bond acceptors (Lipinski definition) is 5. The van der Waals surface area contributed by atoms with Crippen molar-refractivity contribution in [2.75, 3.05) is 7.11 Å². The summed E-state index contributed by atoms with van der Waals surface area (Å²) in [7, 11) is 1.50. The zero-order chi connectivity index (χ0) is 21.5. The summed E-state index contributed by atoms with van der Waals surface area (Å²) in [6, 6.07) is 17.6. The lowest BCUT2D eigenvalue weighted by Gasteiger charge is -2.11. The molecule has 0 amide bonds. The molecular weight excluding hydrogens is 514 g/mol. The van der Waals surface area contributed by atoms with Crippen molar-refractivity contribution in [1.82, 2.24) is 0 Å². The van der Waals surface area contributed by atoms with Crippen molar-refractivity contribution in [3.63, 3.8) is 0 Å². The molecule has 0 aliphatic carbocycles. The first-order chi connectivity index (χ1) is 14.4. The first kappa shape index (κ1) is 21.8. The van der Waals surface area contributed by atoms with Gasteiger partial charge in [-0.1, -0.05) is 28.1 Å². The molecule has 30 heavy (non-hydrogen) atoms. The number of ether oxygens (including phenoxy) is 2. The van der Waals surface area contributed by atoms with Crippen molar-refractivity contribution < 1.29 is 19.4 Å². The van der Waals surface area contributed by atoms with E-state index in [2.05, 4.69) is 36.9 Å². The van der Waals surface area contributed by atoms with Gasteiger partial charge >= 0.3 is 5.97 Å². The summed E-state index contributed by atoms with van der Waals surface area (Å²) >= 11 is 6.80. The fourth-order valence-electron chi connectivity index (χ4n) is 2.47. The number of phenols is 1. The molecule has 0 aliphatic rings. The van der Waals surface area contributed by atoms with Gasteiger partial charge < -0.3 is 14.6 Å². The molecule has 5 nitrogen and oxygen atoms in total. The maximum atomic E-state index is 12.3. The molecule has 0 fully saturated rings. The molecule has 3 rings (SSSR count). The first-order valence-corrected chi connectivity index (χ1v) is 10.4. The van der Waals surface area contributed by atoms with Crippen molar-refractivity contribution in [3.05, 3.63) is 86.8 Å². The van der Waals surface area contributed by atoms with Crippen molar-refractivity contribution in [2.45, 2.75) is 0 Å². The third kappa shape index (κ3) is 6.05. The lowest BCUT2D eigenvalue weighted by Crippen LogP contribution is -2.06. The van der Waals surface area contributed by atoms with Crippen molar-refractivity contribution in [3.8, 4) is 17.2 Å². The van der Waals surface area contributed by atoms with Gasteiger partial charge in [-0.15, -0.1) is 0 Å². The lowest BCUT2D eigenvalue weighted by atomic mass is 10.2. The number of aromatic hydroxyl groups is 1. The second kappa shape index (κ2) is 10.2. The van der Waals surface area contributed by atoms with E-state index in [-0.39, 0.29) is 11.5 Å². The highest BCUT2D eigenvalue weighted by Crippen LogP contribution is 2.36. The number of hydrogen-bond donors (Lipinski definition) is 1. The van der Waals surface area contributed by atoms with Crippen LogP contribution in [0.2, 0.25) is 0 Å². The van der Waals surface area contributed by atoms with E-state index in [0.717, 1.165) is 15.6 Å². The molecule has 0 spiro atoms. The van der Waals surface area contributed by atoms with Gasteiger partial charge in [0.05, 0.1) is 17.3 Å². The number of benzene rings is 3. The van der Waals surface area contributed by atoms with Crippen LogP contribution in [0.1, 0.15) is 11.1 Å². The second-order valence-corrected chi connectivity index (χ2v) is 7.88. The molecule has 0 aliphatic heterocycles. The monoisotopic (exact) mass is 529 g/mol. The normalized spacial score (nSPS) is 11.2. The Labute approximate surface area is 190 Å². The molecule has 152 valence electrons. The Morgan fingerprint density at radius 1 is 1.00 bits per heavy atom. The van der Waals surface area contributed by atoms with Crippen molar-refractivity contribution >= 4 is 55.8 Å². The summed E-state index contributed by atoms with van der Waals surface area (Å²) in [5, 5.41) is 9.34. The van der Waals surface area contributed by atoms with Crippen LogP contribution in [0.25, 0.3) is 6.08 Å². The molecule has 0 saturated heterocycles.